The molecule has 4 atom stereocenters. The van der Waals surface area contributed by atoms with Crippen molar-refractivity contribution in [2.75, 3.05) is 25.5 Å². The second-order valence-corrected chi connectivity index (χ2v) is 12.6. The summed E-state index contributed by atoms with van der Waals surface area (Å²) in [6.07, 6.45) is 4.89. The lowest BCUT2D eigenvalue weighted by Crippen LogP contribution is -2.43. The number of nitrogens with zero attached hydrogens (tertiary/aromatic N) is 1. The number of carbonyl (C=O) groups is 1. The van der Waals surface area contributed by atoms with E-state index in [9.17, 15) is 13.2 Å². The van der Waals surface area contributed by atoms with E-state index in [4.69, 9.17) is 24.8 Å². The maximum atomic E-state index is 13.7. The van der Waals surface area contributed by atoms with Gasteiger partial charge < -0.3 is 25.3 Å². The van der Waals surface area contributed by atoms with E-state index in [0.29, 0.717) is 31.7 Å². The number of hydrogen-bond donors (Lipinski definition) is 2. The largest absolute Gasteiger partial charge is 0.443 e. The Morgan fingerprint density at radius 2 is 1.85 bits per heavy atom. The number of alkyl carbamates (subject to hydrolysis) is 1. The van der Waals surface area contributed by atoms with E-state index in [2.05, 4.69) is 5.32 Å². The minimum atomic E-state index is -3.99. The van der Waals surface area contributed by atoms with Gasteiger partial charge >= 0.3 is 6.09 Å². The van der Waals surface area contributed by atoms with Crippen LogP contribution < -0.4 is 11.1 Å². The maximum absolute atomic E-state index is 13.7. The molecule has 2 aromatic rings. The lowest BCUT2D eigenvalue weighted by atomic mass is 9.98. The Balaban J connectivity index is 1.30. The van der Waals surface area contributed by atoms with Crippen LogP contribution >= 0.6 is 0 Å². The quantitative estimate of drug-likeness (QED) is 0.305. The summed E-state index contributed by atoms with van der Waals surface area (Å²) in [7, 11) is -3.99. The number of hydroxylamine groups is 1. The van der Waals surface area contributed by atoms with E-state index in [-0.39, 0.29) is 35.9 Å². The highest BCUT2D eigenvalue weighted by Gasteiger charge is 2.44. The molecule has 0 aromatic heterocycles. The summed E-state index contributed by atoms with van der Waals surface area (Å²) in [5, 5.41) is 2.98. The van der Waals surface area contributed by atoms with Crippen LogP contribution in [0.2, 0.25) is 0 Å². The first-order valence-electron chi connectivity index (χ1n) is 14.2. The van der Waals surface area contributed by atoms with Crippen LogP contribution in [0, 0.1) is 5.92 Å². The van der Waals surface area contributed by atoms with Gasteiger partial charge in [0, 0.05) is 18.3 Å². The Morgan fingerprint density at radius 3 is 2.62 bits per heavy atom. The second-order valence-electron chi connectivity index (χ2n) is 10.8. The highest BCUT2D eigenvalue weighted by atomic mass is 32.2. The van der Waals surface area contributed by atoms with Crippen LogP contribution in [-0.4, -0.2) is 63.3 Å². The normalized spacial score (nSPS) is 24.1. The van der Waals surface area contributed by atoms with Gasteiger partial charge in [0.25, 0.3) is 10.0 Å². The van der Waals surface area contributed by atoms with Gasteiger partial charge in [-0.05, 0) is 55.9 Å². The Hall–Kier alpha value is -2.70. The van der Waals surface area contributed by atoms with Crippen LogP contribution in [0.25, 0.3) is 0 Å². The molecule has 3 fully saturated rings. The molecular formula is C29H39N3O7S. The summed E-state index contributed by atoms with van der Waals surface area (Å²) in [5.41, 5.74) is 7.27. The maximum Gasteiger partial charge on any atom is 0.407 e. The zero-order valence-corrected chi connectivity index (χ0v) is 23.5. The molecule has 1 amide bonds. The first-order valence-corrected chi connectivity index (χ1v) is 15.6. The van der Waals surface area contributed by atoms with Crippen molar-refractivity contribution in [3.63, 3.8) is 0 Å². The first kappa shape index (κ1) is 28.8. The van der Waals surface area contributed by atoms with E-state index < -0.39 is 22.2 Å². The highest BCUT2D eigenvalue weighted by Crippen LogP contribution is 2.33. The van der Waals surface area contributed by atoms with E-state index in [0.717, 1.165) is 48.6 Å². The van der Waals surface area contributed by atoms with Crippen molar-refractivity contribution in [2.45, 2.75) is 80.8 Å². The number of carbonyl (C=O) groups excluding carboxylic acids is 1. The van der Waals surface area contributed by atoms with Gasteiger partial charge in [-0.3, -0.25) is 4.84 Å². The topological polar surface area (TPSA) is 129 Å². The Bertz CT molecular complexity index is 1220. The summed E-state index contributed by atoms with van der Waals surface area (Å²) in [4.78, 5) is 19.2. The van der Waals surface area contributed by atoms with Gasteiger partial charge in [-0.2, -0.15) is 0 Å². The smallest absolute Gasteiger partial charge is 0.407 e. The molecule has 1 aliphatic carbocycles. The third kappa shape index (κ3) is 7.32. The van der Waals surface area contributed by atoms with Gasteiger partial charge in [0.05, 0.1) is 30.1 Å². The molecule has 0 bridgehead atoms. The summed E-state index contributed by atoms with van der Waals surface area (Å²) in [6, 6.07) is 15.6. The molecule has 218 valence electrons. The third-order valence-corrected chi connectivity index (χ3v) is 9.45. The molecule has 2 saturated heterocycles. The van der Waals surface area contributed by atoms with Crippen LogP contribution in [-0.2, 0) is 35.5 Å². The van der Waals surface area contributed by atoms with Gasteiger partial charge in [0.15, 0.2) is 6.29 Å². The predicted octanol–water partition coefficient (Wildman–Crippen LogP) is 4.01. The average Bonchev–Trinajstić information content (AvgIpc) is 3.57. The summed E-state index contributed by atoms with van der Waals surface area (Å²) < 4.78 is 45.4. The van der Waals surface area contributed by atoms with Crippen LogP contribution in [0.1, 0.15) is 50.5 Å². The highest BCUT2D eigenvalue weighted by molar-refractivity contribution is 7.89. The number of nitrogen functional groups attached to an aromatic ring is 1. The molecule has 3 aliphatic rings. The van der Waals surface area contributed by atoms with Crippen molar-refractivity contribution in [1.29, 1.82) is 0 Å². The zero-order valence-electron chi connectivity index (χ0n) is 22.7. The molecule has 0 unspecified atom stereocenters. The number of amides is 1. The van der Waals surface area contributed by atoms with Crippen molar-refractivity contribution in [1.82, 2.24) is 9.79 Å². The number of rotatable bonds is 11. The number of sulfonamides is 1. The van der Waals surface area contributed by atoms with Gasteiger partial charge in [-0.1, -0.05) is 60.1 Å². The SMILES string of the molecule is Nc1cccc(S(=O)(=O)N(CC[C@H](Cc2ccccc2)NC(=O)O[C@H]2CO[C@H]3OCC[C@H]32)OC2CCCCC2)c1. The number of hydrogen-bond acceptors (Lipinski definition) is 8. The van der Waals surface area contributed by atoms with Gasteiger partial charge in [0.1, 0.15) is 6.10 Å². The fourth-order valence-corrected chi connectivity index (χ4v) is 6.98. The van der Waals surface area contributed by atoms with Gasteiger partial charge in [-0.25, -0.2) is 13.2 Å². The van der Waals surface area contributed by atoms with Crippen LogP contribution in [0.4, 0.5) is 10.5 Å². The molecular weight excluding hydrogens is 534 g/mol. The minimum absolute atomic E-state index is 0.0289. The fraction of sp³-hybridized carbons (Fsp3) is 0.552. The minimum Gasteiger partial charge on any atom is -0.443 e. The van der Waals surface area contributed by atoms with Gasteiger partial charge in [0.2, 0.25) is 0 Å². The Labute approximate surface area is 236 Å². The number of benzene rings is 2. The van der Waals surface area contributed by atoms with Crippen molar-refractivity contribution >= 4 is 21.8 Å². The van der Waals surface area contributed by atoms with E-state index in [1.54, 1.807) is 12.1 Å². The summed E-state index contributed by atoms with van der Waals surface area (Å²) in [6.45, 7) is 0.940. The predicted molar refractivity (Wildman–Crippen MR) is 148 cm³/mol. The second kappa shape index (κ2) is 13.3. The Kier molecular flexibility index (Phi) is 9.59. The molecule has 5 rings (SSSR count). The molecule has 10 nitrogen and oxygen atoms in total. The Morgan fingerprint density at radius 1 is 1.05 bits per heavy atom. The lowest BCUT2D eigenvalue weighted by molar-refractivity contribution is -0.144. The number of nitrogens with one attached hydrogen (secondary N) is 1. The van der Waals surface area contributed by atoms with Crippen LogP contribution in [0.3, 0.4) is 0 Å². The molecule has 2 heterocycles. The molecule has 2 aromatic carbocycles. The van der Waals surface area contributed by atoms with E-state index in [1.807, 2.05) is 30.3 Å². The van der Waals surface area contributed by atoms with E-state index in [1.165, 1.54) is 12.1 Å². The molecule has 2 aliphatic heterocycles. The number of fused-ring (bicyclic) bond motifs is 1. The van der Waals surface area contributed by atoms with Gasteiger partial charge in [-0.15, -0.1) is 0 Å². The van der Waals surface area contributed by atoms with Crippen molar-refractivity contribution < 1.29 is 32.3 Å². The van der Waals surface area contributed by atoms with Crippen LogP contribution in [0.5, 0.6) is 0 Å². The number of nitrogens with two attached hydrogens (primary N) is 1. The van der Waals surface area contributed by atoms with Crippen LogP contribution in [0.15, 0.2) is 59.5 Å². The molecule has 11 heteroatoms. The molecule has 0 spiro atoms. The van der Waals surface area contributed by atoms with Crippen molar-refractivity contribution in [2.24, 2.45) is 5.92 Å². The number of ether oxygens (including phenoxy) is 3. The molecule has 3 N–H and O–H groups in total. The standard InChI is InChI=1S/C29H39N3O7S/c30-22-10-7-13-25(19-22)40(34,35)32(39-24-11-5-2-6-12-24)16-14-23(18-21-8-3-1-4-9-21)31-29(33)38-27-20-37-28-26(27)15-17-36-28/h1,3-4,7-10,13,19,23-24,26-28H,2,5-6,11-12,14-18,20,30H2,(H,31,33)/t23-,26+,27+,28-/m1/s1. The van der Waals surface area contributed by atoms with E-state index >= 15 is 0 Å². The molecule has 40 heavy (non-hydrogen) atoms. The lowest BCUT2D eigenvalue weighted by Gasteiger charge is -2.30. The first-order chi connectivity index (χ1) is 19.4. The molecule has 1 saturated carbocycles. The average molecular weight is 574 g/mol. The molecule has 0 radical (unpaired) electrons. The third-order valence-electron chi connectivity index (χ3n) is 7.79. The zero-order chi connectivity index (χ0) is 28.0. The van der Waals surface area contributed by atoms with Crippen molar-refractivity contribution in [3.05, 3.63) is 60.2 Å². The fourth-order valence-electron chi connectivity index (χ4n) is 5.63. The summed E-state index contributed by atoms with van der Waals surface area (Å²) in [5.74, 6) is 0.0289. The number of anilines is 1. The monoisotopic (exact) mass is 573 g/mol. The summed E-state index contributed by atoms with van der Waals surface area (Å²) >= 11 is 0. The van der Waals surface area contributed by atoms with Crippen molar-refractivity contribution in [3.8, 4) is 0 Å².